The Kier molecular flexibility index (Phi) is 10.4. The lowest BCUT2D eigenvalue weighted by Crippen LogP contribution is -2.41. The third kappa shape index (κ3) is 8.57. The van der Waals surface area contributed by atoms with Crippen LogP contribution in [0.5, 0.6) is 0 Å². The maximum absolute atomic E-state index is 12.5. The SMILES string of the molecule is COC(=O)[C@H](CCSC)NC(=O)c1ccc(NC(=O)CCCc2ccc([N+](=O)[O-])cc2)cc1. The molecule has 0 radical (unpaired) electrons. The van der Waals surface area contributed by atoms with Crippen molar-refractivity contribution < 1.29 is 24.0 Å². The van der Waals surface area contributed by atoms with E-state index in [-0.39, 0.29) is 18.0 Å². The standard InChI is InChI=1S/C23H27N3O6S/c1-32-23(29)20(14-15-33-2)25-22(28)17-8-10-18(11-9-17)24-21(27)5-3-4-16-6-12-19(13-7-16)26(30)31/h6-13,20H,3-5,14-15H2,1-2H3,(H,24,27)(H,25,28)/t20-/m0/s1. The average molecular weight is 474 g/mol. The van der Waals surface area contributed by atoms with Gasteiger partial charge in [-0.05, 0) is 61.1 Å². The van der Waals surface area contributed by atoms with Gasteiger partial charge >= 0.3 is 5.97 Å². The van der Waals surface area contributed by atoms with Crippen LogP contribution in [0.2, 0.25) is 0 Å². The molecule has 0 aliphatic carbocycles. The zero-order valence-corrected chi connectivity index (χ0v) is 19.4. The van der Waals surface area contributed by atoms with Crippen molar-refractivity contribution in [1.82, 2.24) is 5.32 Å². The number of carbonyl (C=O) groups is 3. The predicted molar refractivity (Wildman–Crippen MR) is 127 cm³/mol. The van der Waals surface area contributed by atoms with Crippen LogP contribution < -0.4 is 10.6 Å². The van der Waals surface area contributed by atoms with Crippen molar-refractivity contribution in [3.8, 4) is 0 Å². The molecule has 1 atom stereocenters. The molecule has 0 spiro atoms. The van der Waals surface area contributed by atoms with E-state index in [1.807, 2.05) is 6.26 Å². The number of hydrogen-bond donors (Lipinski definition) is 2. The van der Waals surface area contributed by atoms with Crippen molar-refractivity contribution in [3.63, 3.8) is 0 Å². The Morgan fingerprint density at radius 2 is 1.76 bits per heavy atom. The number of hydrogen-bond acceptors (Lipinski definition) is 7. The maximum Gasteiger partial charge on any atom is 0.328 e. The van der Waals surface area contributed by atoms with E-state index in [0.29, 0.717) is 36.3 Å². The summed E-state index contributed by atoms with van der Waals surface area (Å²) in [6.45, 7) is 0. The summed E-state index contributed by atoms with van der Waals surface area (Å²) in [6, 6.07) is 11.9. The van der Waals surface area contributed by atoms with E-state index in [1.165, 1.54) is 19.2 Å². The zero-order chi connectivity index (χ0) is 24.2. The fourth-order valence-corrected chi connectivity index (χ4v) is 3.51. The lowest BCUT2D eigenvalue weighted by Gasteiger charge is -2.16. The fraction of sp³-hybridized carbons (Fsp3) is 0.348. The first-order chi connectivity index (χ1) is 15.8. The summed E-state index contributed by atoms with van der Waals surface area (Å²) in [5, 5.41) is 16.1. The minimum Gasteiger partial charge on any atom is -0.467 e. The van der Waals surface area contributed by atoms with E-state index in [1.54, 1.807) is 48.2 Å². The van der Waals surface area contributed by atoms with Gasteiger partial charge in [-0.3, -0.25) is 19.7 Å². The molecule has 0 bridgehead atoms. The van der Waals surface area contributed by atoms with E-state index in [2.05, 4.69) is 10.6 Å². The largest absolute Gasteiger partial charge is 0.467 e. The van der Waals surface area contributed by atoms with Crippen LogP contribution in [-0.2, 0) is 20.7 Å². The molecule has 9 nitrogen and oxygen atoms in total. The number of aryl methyl sites for hydroxylation is 1. The minimum atomic E-state index is -0.718. The van der Waals surface area contributed by atoms with Gasteiger partial charge in [-0.25, -0.2) is 4.79 Å². The number of amides is 2. The lowest BCUT2D eigenvalue weighted by atomic mass is 10.1. The van der Waals surface area contributed by atoms with Crippen LogP contribution in [-0.4, -0.2) is 47.9 Å². The number of methoxy groups -OCH3 is 1. The summed E-state index contributed by atoms with van der Waals surface area (Å²) >= 11 is 1.57. The van der Waals surface area contributed by atoms with Gasteiger partial charge in [-0.2, -0.15) is 11.8 Å². The second-order valence-corrected chi connectivity index (χ2v) is 8.22. The van der Waals surface area contributed by atoms with Gasteiger partial charge in [0.05, 0.1) is 12.0 Å². The molecular formula is C23H27N3O6S. The molecule has 2 N–H and O–H groups in total. The number of nitro benzene ring substituents is 1. The summed E-state index contributed by atoms with van der Waals surface area (Å²) in [5.41, 5.74) is 1.88. The van der Waals surface area contributed by atoms with Crippen molar-refractivity contribution in [2.45, 2.75) is 31.7 Å². The van der Waals surface area contributed by atoms with Crippen LogP contribution in [0, 0.1) is 10.1 Å². The topological polar surface area (TPSA) is 128 Å². The molecule has 0 saturated heterocycles. The number of nitrogens with zero attached hydrogens (tertiary/aromatic N) is 1. The first-order valence-electron chi connectivity index (χ1n) is 10.3. The lowest BCUT2D eigenvalue weighted by molar-refractivity contribution is -0.384. The third-order valence-electron chi connectivity index (χ3n) is 4.85. The Morgan fingerprint density at radius 3 is 2.33 bits per heavy atom. The molecular weight excluding hydrogens is 446 g/mol. The van der Waals surface area contributed by atoms with Gasteiger partial charge in [0.15, 0.2) is 0 Å². The highest BCUT2D eigenvalue weighted by atomic mass is 32.2. The highest BCUT2D eigenvalue weighted by Crippen LogP contribution is 2.15. The zero-order valence-electron chi connectivity index (χ0n) is 18.5. The summed E-state index contributed by atoms with van der Waals surface area (Å²) in [5.74, 6) is -0.353. The predicted octanol–water partition coefficient (Wildman–Crippen LogP) is 3.58. The smallest absolute Gasteiger partial charge is 0.328 e. The Morgan fingerprint density at radius 1 is 1.09 bits per heavy atom. The number of benzene rings is 2. The first kappa shape index (κ1) is 25.9. The van der Waals surface area contributed by atoms with Crippen LogP contribution in [0.4, 0.5) is 11.4 Å². The van der Waals surface area contributed by atoms with Gasteiger partial charge < -0.3 is 15.4 Å². The van der Waals surface area contributed by atoms with Gasteiger partial charge in [-0.15, -0.1) is 0 Å². The van der Waals surface area contributed by atoms with E-state index in [0.717, 1.165) is 5.56 Å². The van der Waals surface area contributed by atoms with Crippen molar-refractivity contribution in [2.75, 3.05) is 24.4 Å². The first-order valence-corrected chi connectivity index (χ1v) is 11.7. The molecule has 0 unspecified atom stereocenters. The molecule has 0 aliphatic heterocycles. The van der Waals surface area contributed by atoms with E-state index < -0.39 is 22.8 Å². The Balaban J connectivity index is 1.82. The van der Waals surface area contributed by atoms with Crippen molar-refractivity contribution in [1.29, 1.82) is 0 Å². The number of rotatable bonds is 12. The summed E-state index contributed by atoms with van der Waals surface area (Å²) in [7, 11) is 1.28. The number of nitrogens with one attached hydrogen (secondary N) is 2. The van der Waals surface area contributed by atoms with Gasteiger partial charge in [0.25, 0.3) is 11.6 Å². The number of esters is 1. The molecule has 0 fully saturated rings. The van der Waals surface area contributed by atoms with E-state index in [4.69, 9.17) is 4.74 Å². The average Bonchev–Trinajstić information content (AvgIpc) is 2.81. The molecule has 0 heterocycles. The molecule has 2 amide bonds. The van der Waals surface area contributed by atoms with Gasteiger partial charge in [0, 0.05) is 29.8 Å². The third-order valence-corrected chi connectivity index (χ3v) is 5.49. The highest BCUT2D eigenvalue weighted by molar-refractivity contribution is 7.98. The summed E-state index contributed by atoms with van der Waals surface area (Å²) in [4.78, 5) is 46.7. The highest BCUT2D eigenvalue weighted by Gasteiger charge is 2.21. The van der Waals surface area contributed by atoms with Crippen LogP contribution in [0.25, 0.3) is 0 Å². The van der Waals surface area contributed by atoms with Crippen molar-refractivity contribution in [3.05, 3.63) is 69.8 Å². The summed E-state index contributed by atoms with van der Waals surface area (Å²) < 4.78 is 4.75. The van der Waals surface area contributed by atoms with Crippen LogP contribution >= 0.6 is 11.8 Å². The number of carbonyl (C=O) groups excluding carboxylic acids is 3. The number of nitro groups is 1. The molecule has 0 aromatic heterocycles. The Labute approximate surface area is 196 Å². The van der Waals surface area contributed by atoms with Gasteiger partial charge in [0.1, 0.15) is 6.04 Å². The molecule has 2 rings (SSSR count). The molecule has 2 aromatic rings. The molecule has 0 saturated carbocycles. The maximum atomic E-state index is 12.5. The van der Waals surface area contributed by atoms with Crippen LogP contribution in [0.15, 0.2) is 48.5 Å². The second-order valence-electron chi connectivity index (χ2n) is 7.23. The minimum absolute atomic E-state index is 0.0365. The fourth-order valence-electron chi connectivity index (χ4n) is 3.03. The van der Waals surface area contributed by atoms with Crippen LogP contribution in [0.1, 0.15) is 35.2 Å². The molecule has 10 heteroatoms. The van der Waals surface area contributed by atoms with Crippen molar-refractivity contribution in [2.24, 2.45) is 0 Å². The number of ether oxygens (including phenoxy) is 1. The van der Waals surface area contributed by atoms with Crippen LogP contribution in [0.3, 0.4) is 0 Å². The van der Waals surface area contributed by atoms with Crippen molar-refractivity contribution >= 4 is 40.9 Å². The molecule has 33 heavy (non-hydrogen) atoms. The van der Waals surface area contributed by atoms with Gasteiger partial charge in [-0.1, -0.05) is 12.1 Å². The second kappa shape index (κ2) is 13.2. The monoisotopic (exact) mass is 473 g/mol. The normalized spacial score (nSPS) is 11.3. The Hall–Kier alpha value is -3.40. The number of anilines is 1. The number of non-ortho nitro benzene ring substituents is 1. The summed E-state index contributed by atoms with van der Waals surface area (Å²) in [6.07, 6.45) is 3.89. The van der Waals surface area contributed by atoms with E-state index >= 15 is 0 Å². The number of thioether (sulfide) groups is 1. The molecule has 0 aliphatic rings. The Bertz CT molecular complexity index is 963. The quantitative estimate of drug-likeness (QED) is 0.274. The molecule has 2 aromatic carbocycles. The molecule has 176 valence electrons. The van der Waals surface area contributed by atoms with E-state index in [9.17, 15) is 24.5 Å². The van der Waals surface area contributed by atoms with Gasteiger partial charge in [0.2, 0.25) is 5.91 Å².